The van der Waals surface area contributed by atoms with E-state index in [0.717, 1.165) is 39.3 Å². The van der Waals surface area contributed by atoms with Gasteiger partial charge in [0.05, 0.1) is 5.70 Å². The Hall–Kier alpha value is -3.00. The van der Waals surface area contributed by atoms with Crippen molar-refractivity contribution in [1.29, 1.82) is 0 Å². The summed E-state index contributed by atoms with van der Waals surface area (Å²) in [7, 11) is 0. The molecule has 4 aliphatic rings. The molecule has 0 radical (unpaired) electrons. The summed E-state index contributed by atoms with van der Waals surface area (Å²) in [5.41, 5.74) is 2.40. The molecule has 9 heteroatoms. The van der Waals surface area contributed by atoms with Crippen LogP contribution >= 0.6 is 11.6 Å². The highest BCUT2D eigenvalue weighted by Gasteiger charge is 2.43. The van der Waals surface area contributed by atoms with Crippen molar-refractivity contribution in [3.05, 3.63) is 52.5 Å². The third-order valence-electron chi connectivity index (χ3n) is 4.58. The Morgan fingerprint density at radius 3 is 1.93 bits per heavy atom. The molecule has 3 heterocycles. The highest BCUT2D eigenvalue weighted by molar-refractivity contribution is 6.30. The number of amides is 1. The van der Waals surface area contributed by atoms with Crippen molar-refractivity contribution >= 4 is 34.9 Å². The van der Waals surface area contributed by atoms with E-state index in [0.29, 0.717) is 27.8 Å². The number of nitrogens with one attached hydrogen (secondary N) is 1. The van der Waals surface area contributed by atoms with Crippen LogP contribution in [0.4, 0.5) is 10.5 Å². The zero-order valence-corrected chi connectivity index (χ0v) is 15.8. The normalized spacial score (nSPS) is 19.8. The van der Waals surface area contributed by atoms with Crippen molar-refractivity contribution in [1.82, 2.24) is 14.7 Å². The van der Waals surface area contributed by atoms with Gasteiger partial charge in [-0.25, -0.2) is 4.79 Å². The van der Waals surface area contributed by atoms with Crippen molar-refractivity contribution in [3.8, 4) is 0 Å². The smallest absolute Gasteiger partial charge is 0.409 e. The molecule has 3 aliphatic heterocycles. The highest BCUT2D eigenvalue weighted by atomic mass is 35.5. The van der Waals surface area contributed by atoms with Gasteiger partial charge in [0.25, 0.3) is 0 Å². The molecule has 0 bridgehead atoms. The molecule has 146 valence electrons. The quantitative estimate of drug-likeness (QED) is 0.583. The fourth-order valence-electron chi connectivity index (χ4n) is 2.93. The van der Waals surface area contributed by atoms with E-state index in [1.54, 1.807) is 24.3 Å². The molecule has 0 unspecified atom stereocenters. The third kappa shape index (κ3) is 4.12. The fourth-order valence-corrected chi connectivity index (χ4v) is 3.06. The van der Waals surface area contributed by atoms with E-state index >= 15 is 0 Å². The lowest BCUT2D eigenvalue weighted by Crippen LogP contribution is -2.29. The van der Waals surface area contributed by atoms with E-state index in [1.165, 1.54) is 6.08 Å². The molecular formula is C19H19ClN4O4. The van der Waals surface area contributed by atoms with Crippen LogP contribution in [0, 0.1) is 0 Å². The van der Waals surface area contributed by atoms with E-state index in [9.17, 15) is 14.4 Å². The minimum atomic E-state index is -1.08. The van der Waals surface area contributed by atoms with Crippen molar-refractivity contribution < 1.29 is 19.5 Å². The summed E-state index contributed by atoms with van der Waals surface area (Å²) >= 11 is 5.57. The molecule has 5 rings (SSSR count). The topological polar surface area (TPSA) is 92.5 Å². The van der Waals surface area contributed by atoms with Crippen LogP contribution < -0.4 is 5.32 Å². The minimum Gasteiger partial charge on any atom is -0.465 e. The maximum atomic E-state index is 12.4. The van der Waals surface area contributed by atoms with Gasteiger partial charge < -0.3 is 19.8 Å². The zero-order valence-electron chi connectivity index (χ0n) is 15.0. The number of anilines is 1. The number of halogens is 1. The van der Waals surface area contributed by atoms with Gasteiger partial charge in [-0.3, -0.25) is 14.9 Å². The minimum absolute atomic E-state index is 0.00546. The largest absolute Gasteiger partial charge is 0.465 e. The van der Waals surface area contributed by atoms with Crippen LogP contribution in [0.1, 0.15) is 0 Å². The molecule has 0 saturated carbocycles. The Labute approximate surface area is 166 Å². The number of carbonyl (C=O) groups excluding carboxylic acids is 2. The van der Waals surface area contributed by atoms with Gasteiger partial charge in [-0.2, -0.15) is 0 Å². The highest BCUT2D eigenvalue weighted by Crippen LogP contribution is 2.33. The van der Waals surface area contributed by atoms with Crippen LogP contribution in [0.2, 0.25) is 5.02 Å². The first kappa shape index (κ1) is 18.4. The molecule has 28 heavy (non-hydrogen) atoms. The summed E-state index contributed by atoms with van der Waals surface area (Å²) < 4.78 is 0. The Morgan fingerprint density at radius 1 is 0.893 bits per heavy atom. The van der Waals surface area contributed by atoms with Crippen LogP contribution in [0.15, 0.2) is 47.4 Å². The Balaban J connectivity index is 0.000000153. The molecule has 0 aromatic heterocycles. The van der Waals surface area contributed by atoms with E-state index < -0.39 is 6.09 Å². The van der Waals surface area contributed by atoms with Crippen molar-refractivity contribution in [2.45, 2.75) is 0 Å². The van der Waals surface area contributed by atoms with Crippen molar-refractivity contribution in [2.75, 3.05) is 44.6 Å². The second kappa shape index (κ2) is 7.20. The molecule has 0 spiro atoms. The van der Waals surface area contributed by atoms with Crippen molar-refractivity contribution in [2.24, 2.45) is 0 Å². The van der Waals surface area contributed by atoms with Gasteiger partial charge >= 0.3 is 6.09 Å². The van der Waals surface area contributed by atoms with E-state index in [4.69, 9.17) is 16.7 Å². The number of nitrogens with zero attached hydrogens (tertiary/aromatic N) is 3. The lowest BCUT2D eigenvalue weighted by molar-refractivity contribution is -0.117. The van der Waals surface area contributed by atoms with Crippen molar-refractivity contribution in [3.63, 3.8) is 0 Å². The molecule has 2 N–H and O–H groups in total. The number of ketones is 2. The predicted octanol–water partition coefficient (Wildman–Crippen LogP) is 1.61. The first-order valence-electron chi connectivity index (χ1n) is 8.99. The number of allylic oxidation sites excluding steroid dienone is 1. The monoisotopic (exact) mass is 402 g/mol. The molecule has 3 saturated heterocycles. The van der Waals surface area contributed by atoms with Crippen LogP contribution in [-0.2, 0) is 9.59 Å². The summed E-state index contributed by atoms with van der Waals surface area (Å²) in [6, 6.07) is 6.42. The Morgan fingerprint density at radius 2 is 1.43 bits per heavy atom. The molecule has 1 aromatic rings. The standard InChI is InChI=1S/C12H13N3O2.C7H6ClNO2/c16-9-7-8(13-1-2-13)12(17)11(15-5-6-15)10(9)14-3-4-14;8-5-1-3-6(4-2-5)9-7(10)11/h7H,1-6H2;1-4,9H,(H,10,11). The molecule has 3 fully saturated rings. The first-order chi connectivity index (χ1) is 13.4. The number of rotatable bonds is 4. The average molecular weight is 403 g/mol. The van der Waals surface area contributed by atoms with E-state index in [-0.39, 0.29) is 11.6 Å². The van der Waals surface area contributed by atoms with Gasteiger partial charge in [-0.05, 0) is 24.3 Å². The van der Waals surface area contributed by atoms with Gasteiger partial charge in [-0.1, -0.05) is 11.6 Å². The maximum Gasteiger partial charge on any atom is 0.409 e. The Bertz CT molecular complexity index is 897. The van der Waals surface area contributed by atoms with Crippen LogP contribution in [0.5, 0.6) is 0 Å². The zero-order chi connectivity index (χ0) is 19.8. The van der Waals surface area contributed by atoms with Gasteiger partial charge in [0.15, 0.2) is 0 Å². The van der Waals surface area contributed by atoms with Crippen LogP contribution in [0.25, 0.3) is 0 Å². The number of Topliss-reactive ketones (excluding diaryl/α,β-unsaturated/α-hetero) is 1. The molecule has 0 atom stereocenters. The second-order valence-electron chi connectivity index (χ2n) is 6.82. The van der Waals surface area contributed by atoms with Gasteiger partial charge in [0, 0.05) is 56.1 Å². The molecular weight excluding hydrogens is 384 g/mol. The van der Waals surface area contributed by atoms with Gasteiger partial charge in [0.1, 0.15) is 11.4 Å². The Kier molecular flexibility index (Phi) is 4.72. The number of carboxylic acid groups (broad SMARTS) is 1. The lowest BCUT2D eigenvalue weighted by Gasteiger charge is -2.21. The summed E-state index contributed by atoms with van der Waals surface area (Å²) in [4.78, 5) is 40.6. The predicted molar refractivity (Wildman–Crippen MR) is 103 cm³/mol. The summed E-state index contributed by atoms with van der Waals surface area (Å²) in [6.07, 6.45) is 0.447. The summed E-state index contributed by atoms with van der Waals surface area (Å²) in [5.74, 6) is 0.0485. The summed E-state index contributed by atoms with van der Waals surface area (Å²) in [5, 5.41) is 11.1. The first-order valence-corrected chi connectivity index (χ1v) is 9.37. The number of hydrogen-bond acceptors (Lipinski definition) is 6. The fraction of sp³-hybridized carbons (Fsp3) is 0.316. The van der Waals surface area contributed by atoms with Crippen LogP contribution in [0.3, 0.4) is 0 Å². The number of carbonyl (C=O) groups is 3. The van der Waals surface area contributed by atoms with Crippen LogP contribution in [-0.4, -0.2) is 76.7 Å². The van der Waals surface area contributed by atoms with Gasteiger partial charge in [-0.15, -0.1) is 0 Å². The molecule has 1 aliphatic carbocycles. The summed E-state index contributed by atoms with van der Waals surface area (Å²) in [6.45, 7) is 5.41. The second-order valence-corrected chi connectivity index (χ2v) is 7.25. The molecule has 1 aromatic carbocycles. The average Bonchev–Trinajstić information content (AvgIpc) is 3.49. The third-order valence-corrected chi connectivity index (χ3v) is 4.84. The molecule has 1 amide bonds. The lowest BCUT2D eigenvalue weighted by atomic mass is 10.0. The van der Waals surface area contributed by atoms with E-state index in [2.05, 4.69) is 5.32 Å². The maximum absolute atomic E-state index is 12.4. The van der Waals surface area contributed by atoms with Gasteiger partial charge in [0.2, 0.25) is 11.6 Å². The number of benzene rings is 1. The number of hydrogen-bond donors (Lipinski definition) is 2. The van der Waals surface area contributed by atoms with E-state index in [1.807, 2.05) is 14.7 Å². The SMILES string of the molecule is O=C(O)Nc1ccc(Cl)cc1.O=C1C=C(N2CC2)C(=O)C(N2CC2)=C1N1CC1. The molecule has 8 nitrogen and oxygen atoms in total.